The molecule has 0 amide bonds. The standard InChI is InChI=1S/C14H9NO/c16-13-5-9-3-1-2-8-4-10(13)11-6-15-7-12(11)14(8)9/h1-4,6-7,15H,5H2. The van der Waals surface area contributed by atoms with Gasteiger partial charge in [0.05, 0.1) is 0 Å². The molecule has 0 radical (unpaired) electrons. The Morgan fingerprint density at radius 1 is 1.12 bits per heavy atom. The summed E-state index contributed by atoms with van der Waals surface area (Å²) in [5.74, 6) is 0.223. The van der Waals surface area contributed by atoms with Crippen molar-refractivity contribution in [3.8, 4) is 0 Å². The number of carbonyl (C=O) groups excluding carboxylic acids is 1. The maximum atomic E-state index is 12.1. The maximum absolute atomic E-state index is 12.1. The van der Waals surface area contributed by atoms with Crippen molar-refractivity contribution in [2.45, 2.75) is 6.42 Å². The lowest BCUT2D eigenvalue weighted by Crippen LogP contribution is -1.99. The number of rotatable bonds is 0. The fourth-order valence-electron chi connectivity index (χ4n) is 2.74. The van der Waals surface area contributed by atoms with E-state index in [0.717, 1.165) is 16.5 Å². The summed E-state index contributed by atoms with van der Waals surface area (Å²) >= 11 is 0. The number of Topliss-reactive ketones (excluding diaryl/α,β-unsaturated/α-hetero) is 1. The van der Waals surface area contributed by atoms with Crippen LogP contribution < -0.4 is 0 Å². The molecule has 2 aliphatic rings. The van der Waals surface area contributed by atoms with Gasteiger partial charge in [-0.05, 0) is 22.4 Å². The molecule has 1 N–H and O–H groups in total. The molecule has 16 heavy (non-hydrogen) atoms. The monoisotopic (exact) mass is 207 g/mol. The predicted molar refractivity (Wildman–Crippen MR) is 63.8 cm³/mol. The Kier molecular flexibility index (Phi) is 1.28. The van der Waals surface area contributed by atoms with Crippen LogP contribution in [0.3, 0.4) is 0 Å². The highest BCUT2D eigenvalue weighted by atomic mass is 16.1. The molecule has 0 unspecified atom stereocenters. The minimum Gasteiger partial charge on any atom is -0.366 e. The molecule has 4 bridgehead atoms. The van der Waals surface area contributed by atoms with Crippen molar-refractivity contribution in [3.05, 3.63) is 47.8 Å². The molecule has 1 heterocycles. The molecule has 76 valence electrons. The lowest BCUT2D eigenvalue weighted by molar-refractivity contribution is 0.0995. The summed E-state index contributed by atoms with van der Waals surface area (Å²) in [5.41, 5.74) is 2.00. The van der Waals surface area contributed by atoms with Gasteiger partial charge < -0.3 is 4.98 Å². The molecule has 2 aliphatic carbocycles. The zero-order valence-corrected chi connectivity index (χ0v) is 8.58. The van der Waals surface area contributed by atoms with Crippen molar-refractivity contribution in [2.75, 3.05) is 0 Å². The molecule has 1 aromatic heterocycles. The summed E-state index contributed by atoms with van der Waals surface area (Å²) in [5, 5.41) is 4.63. The fraction of sp³-hybridized carbons (Fsp3) is 0.0714. The lowest BCUT2D eigenvalue weighted by atomic mass is 10.0. The maximum Gasteiger partial charge on any atom is 0.167 e. The van der Waals surface area contributed by atoms with Crippen molar-refractivity contribution in [2.24, 2.45) is 0 Å². The largest absolute Gasteiger partial charge is 0.366 e. The summed E-state index contributed by atoms with van der Waals surface area (Å²) in [6, 6.07) is 8.17. The minimum atomic E-state index is 0.223. The van der Waals surface area contributed by atoms with Crippen LogP contribution in [0.2, 0.25) is 0 Å². The highest BCUT2D eigenvalue weighted by Crippen LogP contribution is 2.35. The SMILES string of the molecule is O=C1Cc2cccc3cc1c1c[nH]cc1c23. The second kappa shape index (κ2) is 2.53. The van der Waals surface area contributed by atoms with Gasteiger partial charge in [0.25, 0.3) is 0 Å². The first-order valence-corrected chi connectivity index (χ1v) is 5.39. The number of benzene rings is 2. The van der Waals surface area contributed by atoms with E-state index in [-0.39, 0.29) is 5.78 Å². The molecule has 2 aromatic carbocycles. The van der Waals surface area contributed by atoms with Crippen molar-refractivity contribution in [1.82, 2.24) is 4.98 Å². The molecule has 2 nitrogen and oxygen atoms in total. The fourth-order valence-corrected chi connectivity index (χ4v) is 2.74. The van der Waals surface area contributed by atoms with Gasteiger partial charge in [-0.2, -0.15) is 0 Å². The van der Waals surface area contributed by atoms with Crippen LogP contribution in [0.1, 0.15) is 15.9 Å². The number of hydrogen-bond acceptors (Lipinski definition) is 1. The number of hydrogen-bond donors (Lipinski definition) is 1. The molecular weight excluding hydrogens is 198 g/mol. The van der Waals surface area contributed by atoms with Crippen LogP contribution >= 0.6 is 0 Å². The Hall–Kier alpha value is -2.09. The van der Waals surface area contributed by atoms with Crippen molar-refractivity contribution < 1.29 is 4.79 Å². The molecule has 5 rings (SSSR count). The number of aromatic amines is 1. The third-order valence-electron chi connectivity index (χ3n) is 3.44. The third kappa shape index (κ3) is 0.807. The van der Waals surface area contributed by atoms with Crippen LogP contribution in [-0.4, -0.2) is 10.8 Å². The van der Waals surface area contributed by atoms with E-state index in [4.69, 9.17) is 0 Å². The predicted octanol–water partition coefficient (Wildman–Crippen LogP) is 3.06. The molecule has 0 aliphatic heterocycles. The highest BCUT2D eigenvalue weighted by molar-refractivity contribution is 6.22. The first-order chi connectivity index (χ1) is 7.84. The Labute approximate surface area is 91.9 Å². The lowest BCUT2D eigenvalue weighted by Gasteiger charge is -2.01. The molecule has 0 saturated carbocycles. The van der Waals surface area contributed by atoms with Gasteiger partial charge in [-0.3, -0.25) is 4.79 Å². The molecule has 3 aromatic rings. The van der Waals surface area contributed by atoms with Gasteiger partial charge in [0.15, 0.2) is 5.78 Å². The highest BCUT2D eigenvalue weighted by Gasteiger charge is 2.20. The summed E-state index contributed by atoms with van der Waals surface area (Å²) in [4.78, 5) is 15.2. The molecule has 2 heteroatoms. The molecule has 0 saturated heterocycles. The quantitative estimate of drug-likeness (QED) is 0.603. The van der Waals surface area contributed by atoms with E-state index < -0.39 is 0 Å². The zero-order chi connectivity index (χ0) is 10.7. The number of aromatic nitrogens is 1. The van der Waals surface area contributed by atoms with E-state index in [9.17, 15) is 4.79 Å². The van der Waals surface area contributed by atoms with Gasteiger partial charge in [0.2, 0.25) is 0 Å². The van der Waals surface area contributed by atoms with Crippen LogP contribution in [0.15, 0.2) is 36.7 Å². The van der Waals surface area contributed by atoms with Crippen molar-refractivity contribution in [1.29, 1.82) is 0 Å². The smallest absolute Gasteiger partial charge is 0.167 e. The Balaban J connectivity index is 2.45. The summed E-state index contributed by atoms with van der Waals surface area (Å²) in [6.45, 7) is 0. The van der Waals surface area contributed by atoms with Gasteiger partial charge in [-0.1, -0.05) is 18.2 Å². The number of nitrogens with one attached hydrogen (secondary N) is 1. The van der Waals surface area contributed by atoms with Gasteiger partial charge >= 0.3 is 0 Å². The number of fused-ring (bicyclic) bond motifs is 1. The Bertz CT molecular complexity index is 752. The first-order valence-electron chi connectivity index (χ1n) is 5.39. The van der Waals surface area contributed by atoms with Crippen LogP contribution in [0.25, 0.3) is 21.5 Å². The molecule has 0 atom stereocenters. The van der Waals surface area contributed by atoms with Crippen LogP contribution in [0.4, 0.5) is 0 Å². The van der Waals surface area contributed by atoms with Gasteiger partial charge in [0.1, 0.15) is 0 Å². The van der Waals surface area contributed by atoms with E-state index in [1.165, 1.54) is 16.2 Å². The summed E-state index contributed by atoms with van der Waals surface area (Å²) in [6.07, 6.45) is 4.44. The molecular formula is C14H9NO. The molecule has 0 spiro atoms. The van der Waals surface area contributed by atoms with E-state index in [2.05, 4.69) is 17.1 Å². The minimum absolute atomic E-state index is 0.223. The molecule has 0 fully saturated rings. The average Bonchev–Trinajstić information content (AvgIpc) is 2.71. The second-order valence-corrected chi connectivity index (χ2v) is 4.32. The topological polar surface area (TPSA) is 32.9 Å². The summed E-state index contributed by atoms with van der Waals surface area (Å²) < 4.78 is 0. The normalized spacial score (nSPS) is 14.1. The van der Waals surface area contributed by atoms with Crippen molar-refractivity contribution >= 4 is 27.3 Å². The van der Waals surface area contributed by atoms with E-state index in [1.807, 2.05) is 24.5 Å². The Morgan fingerprint density at radius 3 is 2.94 bits per heavy atom. The van der Waals surface area contributed by atoms with E-state index >= 15 is 0 Å². The zero-order valence-electron chi connectivity index (χ0n) is 8.58. The summed E-state index contributed by atoms with van der Waals surface area (Å²) in [7, 11) is 0. The van der Waals surface area contributed by atoms with Crippen LogP contribution in [0, 0.1) is 0 Å². The number of carbonyl (C=O) groups is 1. The van der Waals surface area contributed by atoms with Gasteiger partial charge in [-0.15, -0.1) is 0 Å². The third-order valence-corrected chi connectivity index (χ3v) is 3.44. The first kappa shape index (κ1) is 8.11. The number of ketones is 1. The van der Waals surface area contributed by atoms with Gasteiger partial charge in [0, 0.05) is 35.2 Å². The van der Waals surface area contributed by atoms with Crippen molar-refractivity contribution in [3.63, 3.8) is 0 Å². The van der Waals surface area contributed by atoms with E-state index in [1.54, 1.807) is 0 Å². The average molecular weight is 207 g/mol. The second-order valence-electron chi connectivity index (χ2n) is 4.32. The van der Waals surface area contributed by atoms with Gasteiger partial charge in [-0.25, -0.2) is 0 Å². The Morgan fingerprint density at radius 2 is 2.00 bits per heavy atom. The number of H-pyrrole nitrogens is 1. The van der Waals surface area contributed by atoms with Crippen LogP contribution in [-0.2, 0) is 6.42 Å². The van der Waals surface area contributed by atoms with Crippen LogP contribution in [0.5, 0.6) is 0 Å². The van der Waals surface area contributed by atoms with E-state index in [0.29, 0.717) is 6.42 Å².